The molecule has 1 aliphatic rings. The van der Waals surface area contributed by atoms with Crippen LogP contribution >= 0.6 is 0 Å². The number of unbranched alkanes of at least 4 members (excludes halogenated alkanes) is 4. The zero-order valence-electron chi connectivity index (χ0n) is 23.3. The molecule has 0 heterocycles. The summed E-state index contributed by atoms with van der Waals surface area (Å²) in [6, 6.07) is 13.7. The van der Waals surface area contributed by atoms with Crippen molar-refractivity contribution >= 4 is 0 Å². The fourth-order valence-corrected chi connectivity index (χ4v) is 5.21. The summed E-state index contributed by atoms with van der Waals surface area (Å²) in [6.45, 7) is 4.21. The van der Waals surface area contributed by atoms with Gasteiger partial charge in [-0.15, -0.1) is 0 Å². The second kappa shape index (κ2) is 14.4. The summed E-state index contributed by atoms with van der Waals surface area (Å²) in [4.78, 5) is 0. The highest BCUT2D eigenvalue weighted by Gasteiger charge is 2.23. The van der Waals surface area contributed by atoms with Crippen LogP contribution in [0.4, 0.5) is 17.6 Å². The zero-order valence-corrected chi connectivity index (χ0v) is 23.3. The van der Waals surface area contributed by atoms with Crippen molar-refractivity contribution in [2.45, 2.75) is 71.1 Å². The van der Waals surface area contributed by atoms with E-state index >= 15 is 0 Å². The summed E-state index contributed by atoms with van der Waals surface area (Å²) in [5, 5.41) is 0. The molecule has 0 saturated carbocycles. The predicted molar refractivity (Wildman–Crippen MR) is 152 cm³/mol. The lowest BCUT2D eigenvalue weighted by molar-refractivity contribution is 0.247. The average Bonchev–Trinajstić information content (AvgIpc) is 2.97. The Morgan fingerprint density at radius 2 is 1.27 bits per heavy atom. The van der Waals surface area contributed by atoms with E-state index in [-0.39, 0.29) is 41.8 Å². The third-order valence-corrected chi connectivity index (χ3v) is 7.58. The van der Waals surface area contributed by atoms with E-state index in [9.17, 15) is 17.6 Å². The average molecular weight is 555 g/mol. The van der Waals surface area contributed by atoms with Crippen LogP contribution in [0.3, 0.4) is 0 Å². The Morgan fingerprint density at radius 3 is 1.85 bits per heavy atom. The molecule has 0 saturated heterocycles. The number of allylic oxidation sites excluding steroid dienone is 1. The second-order valence-corrected chi connectivity index (χ2v) is 10.5. The van der Waals surface area contributed by atoms with Gasteiger partial charge in [-0.3, -0.25) is 0 Å². The van der Waals surface area contributed by atoms with Crippen LogP contribution in [0.2, 0.25) is 0 Å². The molecule has 40 heavy (non-hydrogen) atoms. The van der Waals surface area contributed by atoms with Crippen molar-refractivity contribution in [1.82, 2.24) is 0 Å². The molecule has 6 heteroatoms. The molecule has 0 amide bonds. The lowest BCUT2D eigenvalue weighted by atomic mass is 9.84. The van der Waals surface area contributed by atoms with Gasteiger partial charge in [-0.25, -0.2) is 8.78 Å². The van der Waals surface area contributed by atoms with Crippen LogP contribution in [0.15, 0.2) is 60.7 Å². The Kier molecular flexibility index (Phi) is 10.7. The van der Waals surface area contributed by atoms with E-state index < -0.39 is 23.3 Å². The molecule has 0 bridgehead atoms. The van der Waals surface area contributed by atoms with Crippen molar-refractivity contribution in [1.29, 1.82) is 0 Å². The molecule has 0 spiro atoms. The van der Waals surface area contributed by atoms with Crippen molar-refractivity contribution in [2.24, 2.45) is 5.92 Å². The molecule has 0 aromatic heterocycles. The Morgan fingerprint density at radius 1 is 0.650 bits per heavy atom. The van der Waals surface area contributed by atoms with Gasteiger partial charge in [0.1, 0.15) is 0 Å². The minimum Gasteiger partial charge on any atom is -0.491 e. The van der Waals surface area contributed by atoms with Gasteiger partial charge >= 0.3 is 0 Å². The molecule has 2 unspecified atom stereocenters. The number of benzene rings is 3. The summed E-state index contributed by atoms with van der Waals surface area (Å²) < 4.78 is 69.1. The molecule has 2 nitrogen and oxygen atoms in total. The fourth-order valence-electron chi connectivity index (χ4n) is 5.21. The standard InChI is InChI=1S/C34H38F4O2/c1-3-5-6-7-8-9-23-10-14-25(15-11-23)26-16-12-24(13-17-26)22-40-30-21-19-28(32(36)34(30)38)27-18-20-29(39-4-2)33(37)31(27)35/h10-12,14-16,18-21,24,26H,3-9,13,17,22H2,1-2H3. The first-order valence-corrected chi connectivity index (χ1v) is 14.4. The molecule has 214 valence electrons. The summed E-state index contributed by atoms with van der Waals surface area (Å²) in [6.07, 6.45) is 13.6. The zero-order chi connectivity index (χ0) is 28.5. The molecule has 2 atom stereocenters. The summed E-state index contributed by atoms with van der Waals surface area (Å²) in [7, 11) is 0. The van der Waals surface area contributed by atoms with Crippen LogP contribution < -0.4 is 9.47 Å². The maximum absolute atomic E-state index is 14.9. The van der Waals surface area contributed by atoms with Crippen LogP contribution in [0, 0.1) is 29.2 Å². The molecule has 0 radical (unpaired) electrons. The SMILES string of the molecule is CCCCCCCc1ccc(C2C=CC(COc3ccc(-c4ccc(OCC)c(F)c4F)c(F)c3F)CC2)cc1. The van der Waals surface area contributed by atoms with Gasteiger partial charge in [0.2, 0.25) is 11.6 Å². The fraction of sp³-hybridized carbons (Fsp3) is 0.412. The van der Waals surface area contributed by atoms with Crippen LogP contribution in [0.1, 0.15) is 75.8 Å². The summed E-state index contributed by atoms with van der Waals surface area (Å²) in [5.41, 5.74) is 1.89. The quantitative estimate of drug-likeness (QED) is 0.119. The molecule has 0 aliphatic heterocycles. The largest absolute Gasteiger partial charge is 0.491 e. The Labute approximate surface area is 235 Å². The number of hydrogen-bond donors (Lipinski definition) is 0. The van der Waals surface area contributed by atoms with Crippen molar-refractivity contribution in [3.8, 4) is 22.6 Å². The van der Waals surface area contributed by atoms with Crippen molar-refractivity contribution in [2.75, 3.05) is 13.2 Å². The Hall–Kier alpha value is -3.28. The van der Waals surface area contributed by atoms with E-state index in [1.807, 2.05) is 0 Å². The monoisotopic (exact) mass is 554 g/mol. The van der Waals surface area contributed by atoms with Crippen LogP contribution in [-0.4, -0.2) is 13.2 Å². The van der Waals surface area contributed by atoms with Gasteiger partial charge in [-0.05, 0) is 68.0 Å². The van der Waals surface area contributed by atoms with E-state index in [2.05, 4.69) is 43.3 Å². The van der Waals surface area contributed by atoms with Crippen molar-refractivity contribution in [3.63, 3.8) is 0 Å². The van der Waals surface area contributed by atoms with Gasteiger partial charge < -0.3 is 9.47 Å². The molecule has 1 aliphatic carbocycles. The van der Waals surface area contributed by atoms with Crippen molar-refractivity contribution in [3.05, 3.63) is 95.1 Å². The molecular formula is C34H38F4O2. The lowest BCUT2D eigenvalue weighted by Crippen LogP contribution is -2.15. The minimum absolute atomic E-state index is 0.0680. The number of hydrogen-bond acceptors (Lipinski definition) is 2. The van der Waals surface area contributed by atoms with Crippen LogP contribution in [-0.2, 0) is 6.42 Å². The predicted octanol–water partition coefficient (Wildman–Crippen LogP) is 9.95. The van der Waals surface area contributed by atoms with Gasteiger partial charge in [-0.2, -0.15) is 8.78 Å². The third-order valence-electron chi connectivity index (χ3n) is 7.58. The first kappa shape index (κ1) is 29.7. The summed E-state index contributed by atoms with van der Waals surface area (Å²) in [5.74, 6) is -5.19. The molecule has 4 rings (SSSR count). The van der Waals surface area contributed by atoms with Crippen molar-refractivity contribution < 1.29 is 27.0 Å². The first-order valence-electron chi connectivity index (χ1n) is 14.4. The van der Waals surface area contributed by atoms with E-state index in [4.69, 9.17) is 9.47 Å². The molecule has 3 aromatic rings. The Balaban J connectivity index is 1.33. The highest BCUT2D eigenvalue weighted by Crippen LogP contribution is 2.36. The lowest BCUT2D eigenvalue weighted by Gasteiger charge is -2.23. The van der Waals surface area contributed by atoms with E-state index in [1.165, 1.54) is 67.5 Å². The van der Waals surface area contributed by atoms with Crippen LogP contribution in [0.5, 0.6) is 11.5 Å². The van der Waals surface area contributed by atoms with Gasteiger partial charge in [0.15, 0.2) is 23.1 Å². The molecule has 0 fully saturated rings. The van der Waals surface area contributed by atoms with E-state index in [0.717, 1.165) is 19.3 Å². The Bertz CT molecular complexity index is 1290. The second-order valence-electron chi connectivity index (χ2n) is 10.5. The van der Waals surface area contributed by atoms with E-state index in [0.29, 0.717) is 5.92 Å². The molecule has 3 aromatic carbocycles. The van der Waals surface area contributed by atoms with Crippen LogP contribution in [0.25, 0.3) is 11.1 Å². The number of rotatable bonds is 13. The highest BCUT2D eigenvalue weighted by atomic mass is 19.2. The van der Waals surface area contributed by atoms with E-state index in [1.54, 1.807) is 6.92 Å². The summed E-state index contributed by atoms with van der Waals surface area (Å²) >= 11 is 0. The first-order chi connectivity index (χ1) is 19.4. The maximum atomic E-state index is 14.9. The maximum Gasteiger partial charge on any atom is 0.201 e. The topological polar surface area (TPSA) is 18.5 Å². The number of ether oxygens (including phenoxy) is 2. The molecular weight excluding hydrogens is 516 g/mol. The minimum atomic E-state index is -1.29. The molecule has 0 N–H and O–H groups in total. The van der Waals surface area contributed by atoms with Gasteiger partial charge in [0, 0.05) is 23.0 Å². The van der Waals surface area contributed by atoms with Gasteiger partial charge in [0.25, 0.3) is 0 Å². The van der Waals surface area contributed by atoms with Gasteiger partial charge in [-0.1, -0.05) is 69.0 Å². The number of aryl methyl sites for hydroxylation is 1. The normalized spacial score (nSPS) is 16.8. The number of halogens is 4. The van der Waals surface area contributed by atoms with Gasteiger partial charge in [0.05, 0.1) is 13.2 Å². The smallest absolute Gasteiger partial charge is 0.201 e. The third kappa shape index (κ3) is 7.26. The highest BCUT2D eigenvalue weighted by molar-refractivity contribution is 5.67.